The molecule has 0 saturated heterocycles. The number of rotatable bonds is 8. The second-order valence-corrected chi connectivity index (χ2v) is 7.95. The highest BCUT2D eigenvalue weighted by Crippen LogP contribution is 2.43. The van der Waals surface area contributed by atoms with E-state index in [0.717, 1.165) is 38.6 Å². The maximum absolute atomic E-state index is 10.6. The molecule has 3 rings (SSSR count). The Morgan fingerprint density at radius 2 is 1.67 bits per heavy atom. The first-order valence-corrected chi connectivity index (χ1v) is 9.78. The lowest BCUT2D eigenvalue weighted by Gasteiger charge is -2.17. The first kappa shape index (κ1) is 21.6. The van der Waals surface area contributed by atoms with Gasteiger partial charge in [0.2, 0.25) is 5.69 Å². The molecule has 1 aliphatic heterocycles. The van der Waals surface area contributed by atoms with Crippen LogP contribution in [0.25, 0.3) is 10.8 Å². The monoisotopic (exact) mass is 431 g/mol. The van der Waals surface area contributed by atoms with Crippen molar-refractivity contribution in [3.63, 3.8) is 0 Å². The second kappa shape index (κ2) is 9.01. The Bertz CT molecular complexity index is 855. The molecule has 2 aromatic carbocycles. The van der Waals surface area contributed by atoms with Crippen molar-refractivity contribution >= 4 is 28.1 Å². The number of carbonyl (C=O) groups is 1. The van der Waals surface area contributed by atoms with Gasteiger partial charge in [-0.1, -0.05) is 37.1 Å². The normalized spacial score (nSPS) is 14.9. The summed E-state index contributed by atoms with van der Waals surface area (Å²) in [6, 6.07) is 13.2. The smallest absolute Gasteiger partial charge is 0.303 e. The quantitative estimate of drug-likeness (QED) is 0.515. The summed E-state index contributed by atoms with van der Waals surface area (Å²) >= 11 is 0. The third kappa shape index (κ3) is 4.43. The molecule has 0 amide bonds. The van der Waals surface area contributed by atoms with Crippen LogP contribution in [-0.2, 0) is 10.2 Å². The van der Waals surface area contributed by atoms with Crippen LogP contribution < -0.4 is 17.0 Å². The second-order valence-electron chi connectivity index (χ2n) is 7.95. The van der Waals surface area contributed by atoms with Crippen LogP contribution in [0.3, 0.4) is 0 Å². The fraction of sp³-hybridized carbons (Fsp3) is 0.478. The average Bonchev–Trinajstić information content (AvgIpc) is 2.81. The van der Waals surface area contributed by atoms with E-state index in [1.54, 1.807) is 0 Å². The standard InChI is InChI=1S/C23H29NO2.BrH/c1-17-23(2,3)22-19-12-9-8-11-18(19)14-15-20(22)24(17)16-10-6-4-5-7-13-21(25)26;/h8-9,11-12,14-15H,4-7,10,13,16H2,1-3H3;1H. The van der Waals surface area contributed by atoms with Gasteiger partial charge in [0.25, 0.3) is 0 Å². The number of fused-ring (bicyclic) bond motifs is 3. The van der Waals surface area contributed by atoms with Crippen molar-refractivity contribution in [2.24, 2.45) is 0 Å². The molecule has 0 saturated carbocycles. The van der Waals surface area contributed by atoms with Crippen LogP contribution in [-0.4, -0.2) is 27.9 Å². The summed E-state index contributed by atoms with van der Waals surface area (Å²) < 4.78 is 2.50. The zero-order valence-electron chi connectivity index (χ0n) is 16.6. The summed E-state index contributed by atoms with van der Waals surface area (Å²) in [5, 5.41) is 11.4. The van der Waals surface area contributed by atoms with E-state index in [0.29, 0.717) is 6.42 Å². The van der Waals surface area contributed by atoms with Gasteiger partial charge < -0.3 is 22.1 Å². The molecular formula is C23H30BrNO2. The molecule has 0 aliphatic carbocycles. The number of carboxylic acid groups (broad SMARTS) is 1. The molecule has 0 unspecified atom stereocenters. The maximum Gasteiger partial charge on any atom is 0.303 e. The molecule has 0 atom stereocenters. The van der Waals surface area contributed by atoms with Crippen LogP contribution in [0.4, 0.5) is 5.69 Å². The number of benzene rings is 2. The van der Waals surface area contributed by atoms with E-state index in [9.17, 15) is 4.79 Å². The fourth-order valence-corrected chi connectivity index (χ4v) is 4.21. The number of hydrogen-bond acceptors (Lipinski definition) is 1. The molecule has 1 heterocycles. The minimum absolute atomic E-state index is 0. The van der Waals surface area contributed by atoms with Crippen molar-refractivity contribution in [3.8, 4) is 0 Å². The lowest BCUT2D eigenvalue weighted by molar-refractivity contribution is -0.439. The molecule has 146 valence electrons. The lowest BCUT2D eigenvalue weighted by Crippen LogP contribution is -3.00. The summed E-state index contributed by atoms with van der Waals surface area (Å²) in [4.78, 5) is 10.6. The molecule has 0 spiro atoms. The van der Waals surface area contributed by atoms with Crippen molar-refractivity contribution in [3.05, 3.63) is 42.0 Å². The maximum atomic E-state index is 10.6. The predicted octanol–water partition coefficient (Wildman–Crippen LogP) is 2.67. The fourth-order valence-electron chi connectivity index (χ4n) is 4.21. The summed E-state index contributed by atoms with van der Waals surface area (Å²) in [5.74, 6) is -0.682. The van der Waals surface area contributed by atoms with E-state index in [4.69, 9.17) is 5.11 Å². The highest BCUT2D eigenvalue weighted by Gasteiger charge is 2.43. The van der Waals surface area contributed by atoms with E-state index >= 15 is 0 Å². The van der Waals surface area contributed by atoms with E-state index in [-0.39, 0.29) is 22.4 Å². The van der Waals surface area contributed by atoms with Crippen molar-refractivity contribution in [1.82, 2.24) is 0 Å². The Labute approximate surface area is 172 Å². The van der Waals surface area contributed by atoms with Crippen LogP contribution in [0.2, 0.25) is 0 Å². The first-order valence-electron chi connectivity index (χ1n) is 9.78. The van der Waals surface area contributed by atoms with E-state index < -0.39 is 5.97 Å². The van der Waals surface area contributed by atoms with E-state index in [1.165, 1.54) is 27.7 Å². The summed E-state index contributed by atoms with van der Waals surface area (Å²) in [6.07, 6.45) is 5.54. The molecule has 1 aliphatic rings. The number of nitrogens with zero attached hydrogens (tertiary/aromatic N) is 1. The third-order valence-corrected chi connectivity index (χ3v) is 5.90. The molecular weight excluding hydrogens is 402 g/mol. The van der Waals surface area contributed by atoms with Crippen LogP contribution in [0.1, 0.15) is 64.9 Å². The average molecular weight is 432 g/mol. The molecule has 4 heteroatoms. The van der Waals surface area contributed by atoms with Crippen LogP contribution in [0.15, 0.2) is 36.4 Å². The van der Waals surface area contributed by atoms with E-state index in [2.05, 4.69) is 61.7 Å². The van der Waals surface area contributed by atoms with Crippen molar-refractivity contribution < 1.29 is 31.5 Å². The molecule has 0 aromatic heterocycles. The number of unbranched alkanes of at least 4 members (excludes halogenated alkanes) is 4. The molecule has 2 aromatic rings. The molecule has 27 heavy (non-hydrogen) atoms. The Morgan fingerprint density at radius 3 is 2.41 bits per heavy atom. The Hall–Kier alpha value is -1.68. The molecule has 1 N–H and O–H groups in total. The number of hydrogen-bond donors (Lipinski definition) is 1. The van der Waals surface area contributed by atoms with Crippen molar-refractivity contribution in [2.45, 2.75) is 64.7 Å². The van der Waals surface area contributed by atoms with Gasteiger partial charge in [0, 0.05) is 31.4 Å². The number of halogens is 1. The lowest BCUT2D eigenvalue weighted by atomic mass is 9.80. The van der Waals surface area contributed by atoms with Crippen molar-refractivity contribution in [1.29, 1.82) is 0 Å². The summed E-state index contributed by atoms with van der Waals surface area (Å²) in [7, 11) is 0. The van der Waals surface area contributed by atoms with Gasteiger partial charge in [-0.05, 0) is 43.5 Å². The van der Waals surface area contributed by atoms with Gasteiger partial charge in [0.05, 0.1) is 5.41 Å². The molecule has 3 nitrogen and oxygen atoms in total. The molecule has 0 bridgehead atoms. The Morgan fingerprint density at radius 1 is 1.00 bits per heavy atom. The SMILES string of the molecule is CC1=[N+](CCCCCCCC(=O)O)c2ccc3ccccc3c2C1(C)C.[Br-]. The zero-order chi connectivity index (χ0) is 18.7. The van der Waals surface area contributed by atoms with Gasteiger partial charge in [-0.15, -0.1) is 0 Å². The Balaban J connectivity index is 0.00000261. The van der Waals surface area contributed by atoms with Crippen molar-refractivity contribution in [2.75, 3.05) is 6.54 Å². The summed E-state index contributed by atoms with van der Waals surface area (Å²) in [6.45, 7) is 7.97. The Kier molecular flexibility index (Phi) is 7.21. The van der Waals surface area contributed by atoms with Gasteiger partial charge in [-0.25, -0.2) is 0 Å². The highest BCUT2D eigenvalue weighted by atomic mass is 79.9. The topological polar surface area (TPSA) is 40.3 Å². The summed E-state index contributed by atoms with van der Waals surface area (Å²) in [5.41, 5.74) is 4.29. The van der Waals surface area contributed by atoms with Crippen LogP contribution in [0.5, 0.6) is 0 Å². The van der Waals surface area contributed by atoms with Gasteiger partial charge in [-0.3, -0.25) is 4.79 Å². The predicted molar refractivity (Wildman–Crippen MR) is 108 cm³/mol. The van der Waals surface area contributed by atoms with Gasteiger partial charge in [0.15, 0.2) is 5.71 Å². The van der Waals surface area contributed by atoms with Gasteiger partial charge >= 0.3 is 5.97 Å². The molecule has 0 radical (unpaired) electrons. The number of carboxylic acids is 1. The van der Waals surface area contributed by atoms with Crippen LogP contribution >= 0.6 is 0 Å². The van der Waals surface area contributed by atoms with Crippen LogP contribution in [0, 0.1) is 0 Å². The van der Waals surface area contributed by atoms with Gasteiger partial charge in [-0.2, -0.15) is 4.58 Å². The minimum Gasteiger partial charge on any atom is -1.00 e. The minimum atomic E-state index is -0.682. The third-order valence-electron chi connectivity index (χ3n) is 5.90. The first-order chi connectivity index (χ1) is 12.4. The largest absolute Gasteiger partial charge is 1.00 e. The molecule has 0 fully saturated rings. The van der Waals surface area contributed by atoms with Gasteiger partial charge in [0.1, 0.15) is 6.54 Å². The number of aliphatic carboxylic acids is 1. The highest BCUT2D eigenvalue weighted by molar-refractivity contribution is 6.01. The van der Waals surface area contributed by atoms with E-state index in [1.807, 2.05) is 0 Å². The zero-order valence-corrected chi connectivity index (χ0v) is 18.2.